The van der Waals surface area contributed by atoms with Crippen molar-refractivity contribution in [3.8, 4) is 0 Å². The second-order valence-corrected chi connectivity index (χ2v) is 7.30. The van der Waals surface area contributed by atoms with Gasteiger partial charge >= 0.3 is 0 Å². The Morgan fingerprint density at radius 1 is 1.00 bits per heavy atom. The number of quaternary nitrogens is 1. The molecule has 5 heteroatoms. The summed E-state index contributed by atoms with van der Waals surface area (Å²) < 4.78 is 0. The third-order valence-electron chi connectivity index (χ3n) is 4.78. The van der Waals surface area contributed by atoms with Crippen LogP contribution in [0.15, 0.2) is 54.6 Å². The summed E-state index contributed by atoms with van der Waals surface area (Å²) in [4.78, 5) is 1.59. The van der Waals surface area contributed by atoms with E-state index in [9.17, 15) is 0 Å². The van der Waals surface area contributed by atoms with Gasteiger partial charge in [0.15, 0.2) is 5.11 Å². The molecule has 2 aromatic rings. The lowest BCUT2D eigenvalue weighted by Gasteiger charge is -2.26. The first-order chi connectivity index (χ1) is 12.2. The third-order valence-corrected chi connectivity index (χ3v) is 5.41. The Kier molecular flexibility index (Phi) is 6.68. The van der Waals surface area contributed by atoms with Crippen molar-refractivity contribution in [3.63, 3.8) is 0 Å². The number of halogens is 1. The molecular weight excluding hydrogens is 350 g/mol. The molecule has 1 saturated heterocycles. The van der Waals surface area contributed by atoms with Crippen molar-refractivity contribution < 1.29 is 4.90 Å². The van der Waals surface area contributed by atoms with E-state index in [4.69, 9.17) is 23.8 Å². The first-order valence-electron chi connectivity index (χ1n) is 8.88. The van der Waals surface area contributed by atoms with Crippen LogP contribution in [0.4, 0.5) is 0 Å². The lowest BCUT2D eigenvalue weighted by atomic mass is 10.1. The quantitative estimate of drug-likeness (QED) is 0.679. The van der Waals surface area contributed by atoms with E-state index in [2.05, 4.69) is 34.9 Å². The van der Waals surface area contributed by atoms with Crippen LogP contribution in [0.25, 0.3) is 0 Å². The monoisotopic (exact) mass is 374 g/mol. The van der Waals surface area contributed by atoms with E-state index in [-0.39, 0.29) is 0 Å². The van der Waals surface area contributed by atoms with Gasteiger partial charge in [-0.15, -0.1) is 0 Å². The van der Waals surface area contributed by atoms with Gasteiger partial charge in [0.25, 0.3) is 0 Å². The van der Waals surface area contributed by atoms with E-state index in [1.54, 1.807) is 4.90 Å². The Hall–Kier alpha value is -1.62. The van der Waals surface area contributed by atoms with Crippen LogP contribution in [-0.2, 0) is 6.54 Å². The van der Waals surface area contributed by atoms with E-state index in [0.29, 0.717) is 11.2 Å². The SMILES string of the molecule is S=C(NCc1ccccc1)NC[C@H](c1ccccc1Cl)[NH+]1CCCC1. The molecule has 0 unspecified atom stereocenters. The highest BCUT2D eigenvalue weighted by molar-refractivity contribution is 7.80. The van der Waals surface area contributed by atoms with Gasteiger partial charge < -0.3 is 15.5 Å². The zero-order valence-electron chi connectivity index (χ0n) is 14.3. The van der Waals surface area contributed by atoms with E-state index >= 15 is 0 Å². The van der Waals surface area contributed by atoms with Gasteiger partial charge in [-0.3, -0.25) is 0 Å². The van der Waals surface area contributed by atoms with E-state index in [0.717, 1.165) is 18.1 Å². The largest absolute Gasteiger partial charge is 0.359 e. The lowest BCUT2D eigenvalue weighted by molar-refractivity contribution is -0.918. The van der Waals surface area contributed by atoms with Gasteiger partial charge in [-0.2, -0.15) is 0 Å². The number of thiocarbonyl (C=S) groups is 1. The predicted molar refractivity (Wildman–Crippen MR) is 108 cm³/mol. The second kappa shape index (κ2) is 9.18. The number of hydrogen-bond donors (Lipinski definition) is 3. The third kappa shape index (κ3) is 5.18. The van der Waals surface area contributed by atoms with E-state index in [1.165, 1.54) is 37.1 Å². The highest BCUT2D eigenvalue weighted by Crippen LogP contribution is 2.21. The number of benzene rings is 2. The summed E-state index contributed by atoms with van der Waals surface area (Å²) in [5, 5.41) is 8.22. The van der Waals surface area contributed by atoms with Crippen LogP contribution in [0.5, 0.6) is 0 Å². The summed E-state index contributed by atoms with van der Waals surface area (Å²) >= 11 is 11.9. The Bertz CT molecular complexity index is 686. The number of nitrogens with one attached hydrogen (secondary N) is 3. The molecule has 1 aliphatic heterocycles. The number of likely N-dealkylation sites (tertiary alicyclic amines) is 1. The lowest BCUT2D eigenvalue weighted by Crippen LogP contribution is -3.11. The van der Waals surface area contributed by atoms with Gasteiger partial charge in [0.1, 0.15) is 6.04 Å². The highest BCUT2D eigenvalue weighted by atomic mass is 35.5. The molecule has 0 bridgehead atoms. The molecular formula is C20H25ClN3S+. The number of rotatable bonds is 6. The molecule has 3 rings (SSSR count). The van der Waals surface area contributed by atoms with Gasteiger partial charge in [-0.05, 0) is 23.8 Å². The minimum atomic E-state index is 0.327. The normalized spacial score (nSPS) is 15.7. The van der Waals surface area contributed by atoms with Crippen LogP contribution in [0, 0.1) is 0 Å². The van der Waals surface area contributed by atoms with Crippen LogP contribution in [-0.4, -0.2) is 24.7 Å². The minimum Gasteiger partial charge on any atom is -0.359 e. The standard InChI is InChI=1S/C20H24ClN3S/c21-18-11-5-4-10-17(18)19(24-12-6-7-13-24)15-23-20(25)22-14-16-8-2-1-3-9-16/h1-5,8-11,19H,6-7,12-15H2,(H2,22,23,25)/p+1/t19-/m1/s1. The fourth-order valence-corrected chi connectivity index (χ4v) is 3.87. The van der Waals surface area contributed by atoms with Crippen molar-refractivity contribution in [2.75, 3.05) is 19.6 Å². The van der Waals surface area contributed by atoms with Crippen LogP contribution < -0.4 is 15.5 Å². The average Bonchev–Trinajstić information content (AvgIpc) is 3.17. The van der Waals surface area contributed by atoms with Crippen molar-refractivity contribution >= 4 is 28.9 Å². The predicted octanol–water partition coefficient (Wildman–Crippen LogP) is 2.72. The topological polar surface area (TPSA) is 28.5 Å². The summed E-state index contributed by atoms with van der Waals surface area (Å²) in [5.41, 5.74) is 2.43. The minimum absolute atomic E-state index is 0.327. The summed E-state index contributed by atoms with van der Waals surface area (Å²) in [5.74, 6) is 0. The first-order valence-corrected chi connectivity index (χ1v) is 9.67. The van der Waals surface area contributed by atoms with Gasteiger partial charge in [0.2, 0.25) is 0 Å². The summed E-state index contributed by atoms with van der Waals surface area (Å²) in [6.45, 7) is 3.92. The molecule has 3 nitrogen and oxygen atoms in total. The van der Waals surface area contributed by atoms with Gasteiger partial charge in [-0.1, -0.05) is 60.1 Å². The molecule has 25 heavy (non-hydrogen) atoms. The van der Waals surface area contributed by atoms with Crippen molar-refractivity contribution in [2.24, 2.45) is 0 Å². The maximum atomic E-state index is 6.46. The fourth-order valence-electron chi connectivity index (χ4n) is 3.44. The Morgan fingerprint density at radius 3 is 2.40 bits per heavy atom. The molecule has 1 aliphatic rings. The van der Waals surface area contributed by atoms with Gasteiger partial charge in [-0.25, -0.2) is 0 Å². The first kappa shape index (κ1) is 18.2. The zero-order valence-corrected chi connectivity index (χ0v) is 15.9. The Morgan fingerprint density at radius 2 is 1.68 bits per heavy atom. The van der Waals surface area contributed by atoms with Crippen LogP contribution in [0.1, 0.15) is 30.0 Å². The molecule has 1 fully saturated rings. The molecule has 0 saturated carbocycles. The Balaban J connectivity index is 1.59. The van der Waals surface area contributed by atoms with E-state index < -0.39 is 0 Å². The summed E-state index contributed by atoms with van der Waals surface area (Å²) in [7, 11) is 0. The Labute approximate surface area is 160 Å². The second-order valence-electron chi connectivity index (χ2n) is 6.49. The smallest absolute Gasteiger partial charge is 0.166 e. The maximum absolute atomic E-state index is 6.46. The highest BCUT2D eigenvalue weighted by Gasteiger charge is 2.28. The molecule has 0 amide bonds. The molecule has 0 aromatic heterocycles. The van der Waals surface area contributed by atoms with Gasteiger partial charge in [0, 0.05) is 30.0 Å². The fraction of sp³-hybridized carbons (Fsp3) is 0.350. The van der Waals surface area contributed by atoms with Crippen molar-refractivity contribution in [3.05, 3.63) is 70.7 Å². The zero-order chi connectivity index (χ0) is 17.5. The molecule has 0 spiro atoms. The van der Waals surface area contributed by atoms with Crippen molar-refractivity contribution in [1.82, 2.24) is 10.6 Å². The van der Waals surface area contributed by atoms with Crippen LogP contribution >= 0.6 is 23.8 Å². The summed E-state index contributed by atoms with van der Waals surface area (Å²) in [6.07, 6.45) is 2.57. The van der Waals surface area contributed by atoms with E-state index in [1.807, 2.05) is 30.3 Å². The molecule has 1 atom stereocenters. The summed E-state index contributed by atoms with van der Waals surface area (Å²) in [6, 6.07) is 18.8. The molecule has 132 valence electrons. The molecule has 3 N–H and O–H groups in total. The maximum Gasteiger partial charge on any atom is 0.166 e. The number of hydrogen-bond acceptors (Lipinski definition) is 1. The van der Waals surface area contributed by atoms with Crippen molar-refractivity contribution in [2.45, 2.75) is 25.4 Å². The van der Waals surface area contributed by atoms with Crippen molar-refractivity contribution in [1.29, 1.82) is 0 Å². The average molecular weight is 375 g/mol. The molecule has 2 aromatic carbocycles. The van der Waals surface area contributed by atoms with Crippen LogP contribution in [0.2, 0.25) is 5.02 Å². The molecule has 1 heterocycles. The molecule has 0 aliphatic carbocycles. The molecule has 0 radical (unpaired) electrons. The van der Waals surface area contributed by atoms with Crippen LogP contribution in [0.3, 0.4) is 0 Å². The van der Waals surface area contributed by atoms with Gasteiger partial charge in [0.05, 0.1) is 19.6 Å².